The van der Waals surface area contributed by atoms with Gasteiger partial charge in [0.1, 0.15) is 0 Å². The molecule has 0 fully saturated rings. The van der Waals surface area contributed by atoms with Crippen molar-refractivity contribution in [2.24, 2.45) is 0 Å². The van der Waals surface area contributed by atoms with E-state index in [2.05, 4.69) is 175 Å². The molecule has 0 atom stereocenters. The van der Waals surface area contributed by atoms with Crippen molar-refractivity contribution in [2.75, 3.05) is 0 Å². The SMILES string of the molecule is Cc1c(C)n(-c2ccc(-c3cc4ccccc4c4ccccc34)cc2)c2cc3c(C(C)(C)C)c4ccccc4c(C(C)(C)C)c3cc12. The summed E-state index contributed by atoms with van der Waals surface area (Å²) in [5, 5.41) is 12.0. The summed E-state index contributed by atoms with van der Waals surface area (Å²) in [4.78, 5) is 0. The predicted octanol–water partition coefficient (Wildman–Crippen LogP) is 13.1. The van der Waals surface area contributed by atoms with E-state index >= 15 is 0 Å². The van der Waals surface area contributed by atoms with Crippen LogP contribution >= 0.6 is 0 Å². The highest BCUT2D eigenvalue weighted by atomic mass is 15.0. The Kier molecular flexibility index (Phi) is 6.48. The zero-order valence-corrected chi connectivity index (χ0v) is 28.9. The number of rotatable bonds is 2. The largest absolute Gasteiger partial charge is 0.314 e. The average Bonchev–Trinajstić information content (AvgIpc) is 3.29. The van der Waals surface area contributed by atoms with E-state index in [0.717, 1.165) is 0 Å². The third-order valence-electron chi connectivity index (χ3n) is 10.4. The van der Waals surface area contributed by atoms with Gasteiger partial charge in [0, 0.05) is 16.8 Å². The van der Waals surface area contributed by atoms with Crippen molar-refractivity contribution in [3.05, 3.63) is 138 Å². The molecule has 1 nitrogen and oxygen atoms in total. The minimum absolute atomic E-state index is 0.00374. The zero-order chi connectivity index (χ0) is 32.8. The van der Waals surface area contributed by atoms with Crippen LogP contribution in [0, 0.1) is 13.8 Å². The smallest absolute Gasteiger partial charge is 0.0540 e. The minimum Gasteiger partial charge on any atom is -0.314 e. The predicted molar refractivity (Wildman–Crippen MR) is 206 cm³/mol. The highest BCUT2D eigenvalue weighted by molar-refractivity contribution is 6.14. The first kappa shape index (κ1) is 29.5. The summed E-state index contributed by atoms with van der Waals surface area (Å²) in [5.41, 5.74) is 10.5. The van der Waals surface area contributed by atoms with Crippen LogP contribution in [0.4, 0.5) is 0 Å². The van der Waals surface area contributed by atoms with Gasteiger partial charge in [0.15, 0.2) is 0 Å². The van der Waals surface area contributed by atoms with Crippen LogP contribution < -0.4 is 0 Å². The second-order valence-electron chi connectivity index (χ2n) is 15.5. The van der Waals surface area contributed by atoms with E-state index in [9.17, 15) is 0 Å². The summed E-state index contributed by atoms with van der Waals surface area (Å²) < 4.78 is 2.48. The van der Waals surface area contributed by atoms with Crippen molar-refractivity contribution in [3.8, 4) is 16.8 Å². The van der Waals surface area contributed by atoms with Crippen LogP contribution in [0.2, 0.25) is 0 Å². The summed E-state index contributed by atoms with van der Waals surface area (Å²) in [5.74, 6) is 0. The molecule has 1 heteroatoms. The van der Waals surface area contributed by atoms with Crippen LogP contribution in [0.15, 0.2) is 115 Å². The lowest BCUT2D eigenvalue weighted by molar-refractivity contribution is 0.593. The molecule has 0 aliphatic heterocycles. The molecule has 0 aliphatic carbocycles. The van der Waals surface area contributed by atoms with Gasteiger partial charge in [-0.15, -0.1) is 0 Å². The van der Waals surface area contributed by atoms with Crippen molar-refractivity contribution in [1.82, 2.24) is 4.57 Å². The van der Waals surface area contributed by atoms with Gasteiger partial charge in [-0.05, 0) is 126 Å². The fourth-order valence-electron chi connectivity index (χ4n) is 8.27. The molecule has 8 aromatic rings. The molecule has 0 radical (unpaired) electrons. The van der Waals surface area contributed by atoms with E-state index in [1.54, 1.807) is 0 Å². The number of aryl methyl sites for hydroxylation is 1. The molecule has 0 saturated heterocycles. The Balaban J connectivity index is 1.38. The topological polar surface area (TPSA) is 4.93 Å². The molecule has 7 aromatic carbocycles. The maximum Gasteiger partial charge on any atom is 0.0540 e. The zero-order valence-electron chi connectivity index (χ0n) is 28.9. The lowest BCUT2D eigenvalue weighted by atomic mass is 9.74. The summed E-state index contributed by atoms with van der Waals surface area (Å²) in [6.07, 6.45) is 0. The molecule has 1 heterocycles. The molecule has 232 valence electrons. The molecular weight excluding hydrogens is 567 g/mol. The molecule has 0 saturated carbocycles. The van der Waals surface area contributed by atoms with Gasteiger partial charge in [-0.25, -0.2) is 0 Å². The fraction of sp³-hybridized carbons (Fsp3) is 0.217. The second kappa shape index (κ2) is 10.3. The summed E-state index contributed by atoms with van der Waals surface area (Å²) in [6, 6.07) is 43.2. The molecule has 0 unspecified atom stereocenters. The van der Waals surface area contributed by atoms with E-state index in [-0.39, 0.29) is 10.8 Å². The number of benzene rings is 7. The first-order chi connectivity index (χ1) is 22.4. The van der Waals surface area contributed by atoms with Crippen LogP contribution in [-0.4, -0.2) is 4.57 Å². The Morgan fingerprint density at radius 3 is 1.55 bits per heavy atom. The minimum atomic E-state index is -0.0201. The van der Waals surface area contributed by atoms with E-state index in [1.807, 2.05) is 0 Å². The van der Waals surface area contributed by atoms with Crippen molar-refractivity contribution >= 4 is 54.0 Å². The second-order valence-corrected chi connectivity index (χ2v) is 15.5. The van der Waals surface area contributed by atoms with Gasteiger partial charge in [-0.3, -0.25) is 0 Å². The van der Waals surface area contributed by atoms with Crippen molar-refractivity contribution in [2.45, 2.75) is 66.2 Å². The maximum atomic E-state index is 2.50. The molecular formula is C46H43N. The number of fused-ring (bicyclic) bond motifs is 6. The molecule has 1 aromatic heterocycles. The van der Waals surface area contributed by atoms with E-state index in [4.69, 9.17) is 0 Å². The Morgan fingerprint density at radius 2 is 0.957 bits per heavy atom. The standard InChI is InChI=1S/C46H43N/c1-28-29(2)47(32-23-21-30(22-24-32)39-25-31-15-9-10-16-33(31)34-17-11-12-18-35(34)39)42-27-41-40(26-38(28)42)43(45(3,4)5)36-19-13-14-20-37(36)44(41)46(6,7)8/h9-27H,1-8H3. The number of hydrogen-bond donors (Lipinski definition) is 0. The Labute approximate surface area is 278 Å². The van der Waals surface area contributed by atoms with Crippen LogP contribution in [0.3, 0.4) is 0 Å². The Bertz CT molecular complexity index is 2530. The van der Waals surface area contributed by atoms with Crippen molar-refractivity contribution in [3.63, 3.8) is 0 Å². The molecule has 0 bridgehead atoms. The van der Waals surface area contributed by atoms with Crippen LogP contribution in [0.25, 0.3) is 70.8 Å². The van der Waals surface area contributed by atoms with Gasteiger partial charge in [0.2, 0.25) is 0 Å². The van der Waals surface area contributed by atoms with Gasteiger partial charge in [0.05, 0.1) is 5.52 Å². The Hall–Kier alpha value is -4.88. The summed E-state index contributed by atoms with van der Waals surface area (Å²) in [6.45, 7) is 18.7. The van der Waals surface area contributed by atoms with Crippen molar-refractivity contribution < 1.29 is 0 Å². The highest BCUT2D eigenvalue weighted by Gasteiger charge is 2.28. The molecule has 47 heavy (non-hydrogen) atoms. The first-order valence-corrected chi connectivity index (χ1v) is 17.0. The van der Waals surface area contributed by atoms with Gasteiger partial charge in [-0.2, -0.15) is 0 Å². The van der Waals surface area contributed by atoms with E-state index in [1.165, 1.54) is 93.2 Å². The fourth-order valence-corrected chi connectivity index (χ4v) is 8.27. The van der Waals surface area contributed by atoms with Gasteiger partial charge < -0.3 is 4.57 Å². The third kappa shape index (κ3) is 4.51. The monoisotopic (exact) mass is 609 g/mol. The molecule has 0 amide bonds. The quantitative estimate of drug-likeness (QED) is 0.136. The van der Waals surface area contributed by atoms with Gasteiger partial charge >= 0.3 is 0 Å². The van der Waals surface area contributed by atoms with Crippen LogP contribution in [-0.2, 0) is 10.8 Å². The number of aromatic nitrogens is 1. The number of nitrogens with zero attached hydrogens (tertiary/aromatic N) is 1. The first-order valence-electron chi connectivity index (χ1n) is 17.0. The van der Waals surface area contributed by atoms with Crippen molar-refractivity contribution in [1.29, 1.82) is 0 Å². The molecule has 8 rings (SSSR count). The van der Waals surface area contributed by atoms with E-state index in [0.29, 0.717) is 0 Å². The number of hydrogen-bond acceptors (Lipinski definition) is 0. The normalized spacial score (nSPS) is 12.7. The van der Waals surface area contributed by atoms with Crippen LogP contribution in [0.5, 0.6) is 0 Å². The molecule has 0 spiro atoms. The molecule has 0 N–H and O–H groups in total. The summed E-state index contributed by atoms with van der Waals surface area (Å²) >= 11 is 0. The lowest BCUT2D eigenvalue weighted by Gasteiger charge is -2.30. The Morgan fingerprint density at radius 1 is 0.447 bits per heavy atom. The van der Waals surface area contributed by atoms with Gasteiger partial charge in [0.25, 0.3) is 0 Å². The summed E-state index contributed by atoms with van der Waals surface area (Å²) in [7, 11) is 0. The average molecular weight is 610 g/mol. The lowest BCUT2D eigenvalue weighted by Crippen LogP contribution is -2.17. The molecule has 0 aliphatic rings. The van der Waals surface area contributed by atoms with E-state index < -0.39 is 0 Å². The van der Waals surface area contributed by atoms with Crippen LogP contribution in [0.1, 0.15) is 63.9 Å². The highest BCUT2D eigenvalue weighted by Crippen LogP contribution is 2.46. The maximum absolute atomic E-state index is 2.50. The third-order valence-corrected chi connectivity index (χ3v) is 10.4. The van der Waals surface area contributed by atoms with Gasteiger partial charge in [-0.1, -0.05) is 126 Å².